The highest BCUT2D eigenvalue weighted by molar-refractivity contribution is 6.09. The van der Waals surface area contributed by atoms with Crippen LogP contribution in [0.2, 0.25) is 0 Å². The van der Waals surface area contributed by atoms with E-state index in [9.17, 15) is 5.11 Å². The molecule has 0 aliphatic carbocycles. The Hall–Kier alpha value is -4.24. The summed E-state index contributed by atoms with van der Waals surface area (Å²) in [6.07, 6.45) is 0. The Bertz CT molecular complexity index is 1590. The van der Waals surface area contributed by atoms with Gasteiger partial charge in [0.25, 0.3) is 0 Å². The molecule has 0 aliphatic heterocycles. The Morgan fingerprint density at radius 1 is 0.516 bits per heavy atom. The summed E-state index contributed by atoms with van der Waals surface area (Å²) in [5.74, 6) is 0.956. The lowest BCUT2D eigenvalue weighted by Crippen LogP contribution is -1.96. The van der Waals surface area contributed by atoms with Gasteiger partial charge >= 0.3 is 0 Å². The Labute approximate surface area is 179 Å². The summed E-state index contributed by atoms with van der Waals surface area (Å²) in [6.45, 7) is 0. The highest BCUT2D eigenvalue weighted by atomic mass is 16.3. The van der Waals surface area contributed by atoms with Crippen LogP contribution >= 0.6 is 0 Å². The SMILES string of the molecule is Oc1ccc2cc(-c3nc(-c4ccccc4)c4ccc5ccccc5c4n3)ccc2c1. The van der Waals surface area contributed by atoms with Crippen molar-refractivity contribution in [2.45, 2.75) is 0 Å². The van der Waals surface area contributed by atoms with E-state index < -0.39 is 0 Å². The molecule has 31 heavy (non-hydrogen) atoms. The fourth-order valence-electron chi connectivity index (χ4n) is 4.18. The van der Waals surface area contributed by atoms with E-state index in [1.165, 1.54) is 0 Å². The first-order chi connectivity index (χ1) is 15.3. The first kappa shape index (κ1) is 17.6. The van der Waals surface area contributed by atoms with Crippen molar-refractivity contribution in [3.63, 3.8) is 0 Å². The van der Waals surface area contributed by atoms with Gasteiger partial charge in [-0.25, -0.2) is 9.97 Å². The molecule has 1 aromatic heterocycles. The summed E-state index contributed by atoms with van der Waals surface area (Å²) in [6, 6.07) is 34.3. The molecule has 0 saturated heterocycles. The van der Waals surface area contributed by atoms with Crippen LogP contribution in [0.5, 0.6) is 5.75 Å². The lowest BCUT2D eigenvalue weighted by molar-refractivity contribution is 0.476. The minimum atomic E-state index is 0.264. The molecule has 1 N–H and O–H groups in total. The van der Waals surface area contributed by atoms with Gasteiger partial charge in [-0.2, -0.15) is 0 Å². The average molecular weight is 398 g/mol. The molecule has 0 unspecified atom stereocenters. The van der Waals surface area contributed by atoms with Gasteiger partial charge in [-0.3, -0.25) is 0 Å². The van der Waals surface area contributed by atoms with E-state index in [4.69, 9.17) is 9.97 Å². The topological polar surface area (TPSA) is 46.0 Å². The zero-order chi connectivity index (χ0) is 20.8. The van der Waals surface area contributed by atoms with Crippen LogP contribution in [0.1, 0.15) is 0 Å². The number of nitrogens with zero attached hydrogens (tertiary/aromatic N) is 2. The van der Waals surface area contributed by atoms with E-state index in [0.29, 0.717) is 5.82 Å². The van der Waals surface area contributed by atoms with Gasteiger partial charge in [-0.15, -0.1) is 0 Å². The molecule has 3 nitrogen and oxygen atoms in total. The van der Waals surface area contributed by atoms with Crippen LogP contribution in [0.4, 0.5) is 0 Å². The fraction of sp³-hybridized carbons (Fsp3) is 0. The molecule has 5 aromatic carbocycles. The predicted molar refractivity (Wildman–Crippen MR) is 127 cm³/mol. The third kappa shape index (κ3) is 2.99. The maximum Gasteiger partial charge on any atom is 0.160 e. The Balaban J connectivity index is 1.68. The highest BCUT2D eigenvalue weighted by Crippen LogP contribution is 2.34. The van der Waals surface area contributed by atoms with E-state index in [1.807, 2.05) is 48.5 Å². The molecule has 0 spiro atoms. The van der Waals surface area contributed by atoms with Gasteiger partial charge < -0.3 is 5.11 Å². The van der Waals surface area contributed by atoms with E-state index in [-0.39, 0.29) is 5.75 Å². The number of aromatic nitrogens is 2. The molecule has 6 rings (SSSR count). The van der Waals surface area contributed by atoms with Crippen molar-refractivity contribution in [2.75, 3.05) is 0 Å². The molecular weight excluding hydrogens is 380 g/mol. The number of aromatic hydroxyl groups is 1. The fourth-order valence-corrected chi connectivity index (χ4v) is 4.18. The van der Waals surface area contributed by atoms with E-state index in [0.717, 1.165) is 49.3 Å². The molecule has 0 amide bonds. The molecule has 3 heteroatoms. The van der Waals surface area contributed by atoms with Crippen molar-refractivity contribution in [1.29, 1.82) is 0 Å². The average Bonchev–Trinajstić information content (AvgIpc) is 2.83. The second-order valence-electron chi connectivity index (χ2n) is 7.69. The van der Waals surface area contributed by atoms with Gasteiger partial charge in [0.2, 0.25) is 0 Å². The number of rotatable bonds is 2. The van der Waals surface area contributed by atoms with Crippen LogP contribution in [0.3, 0.4) is 0 Å². The summed E-state index contributed by atoms with van der Waals surface area (Å²) < 4.78 is 0. The third-order valence-corrected chi connectivity index (χ3v) is 5.72. The van der Waals surface area contributed by atoms with Crippen LogP contribution in [-0.2, 0) is 0 Å². The molecule has 0 atom stereocenters. The van der Waals surface area contributed by atoms with E-state index in [2.05, 4.69) is 42.5 Å². The first-order valence-electron chi connectivity index (χ1n) is 10.2. The van der Waals surface area contributed by atoms with Crippen molar-refractivity contribution in [2.24, 2.45) is 0 Å². The molecule has 146 valence electrons. The van der Waals surface area contributed by atoms with Crippen LogP contribution in [0.15, 0.2) is 103 Å². The second-order valence-corrected chi connectivity index (χ2v) is 7.69. The van der Waals surface area contributed by atoms with E-state index in [1.54, 1.807) is 12.1 Å². The number of hydrogen-bond donors (Lipinski definition) is 1. The summed E-state index contributed by atoms with van der Waals surface area (Å²) in [7, 11) is 0. The zero-order valence-electron chi connectivity index (χ0n) is 16.7. The second kappa shape index (κ2) is 6.92. The molecular formula is C28H18N2O. The van der Waals surface area contributed by atoms with E-state index >= 15 is 0 Å². The van der Waals surface area contributed by atoms with Gasteiger partial charge in [0.1, 0.15) is 5.75 Å². The van der Waals surface area contributed by atoms with Crippen LogP contribution < -0.4 is 0 Å². The summed E-state index contributed by atoms with van der Waals surface area (Å²) in [4.78, 5) is 10.0. The molecule has 0 fully saturated rings. The lowest BCUT2D eigenvalue weighted by Gasteiger charge is -2.12. The number of benzene rings is 5. The summed E-state index contributed by atoms with van der Waals surface area (Å²) in [5, 5.41) is 15.1. The largest absolute Gasteiger partial charge is 0.508 e. The number of hydrogen-bond acceptors (Lipinski definition) is 3. The third-order valence-electron chi connectivity index (χ3n) is 5.72. The summed E-state index contributed by atoms with van der Waals surface area (Å²) in [5.41, 5.74) is 3.90. The molecule has 0 bridgehead atoms. The maximum absolute atomic E-state index is 9.77. The zero-order valence-corrected chi connectivity index (χ0v) is 16.7. The quantitative estimate of drug-likeness (QED) is 0.320. The number of fused-ring (bicyclic) bond motifs is 4. The van der Waals surface area contributed by atoms with Gasteiger partial charge in [0.15, 0.2) is 5.82 Å². The first-order valence-corrected chi connectivity index (χ1v) is 10.2. The molecule has 0 saturated carbocycles. The Morgan fingerprint density at radius 3 is 2.16 bits per heavy atom. The minimum absolute atomic E-state index is 0.264. The number of phenolic OH excluding ortho intramolecular Hbond substituents is 1. The highest BCUT2D eigenvalue weighted by Gasteiger charge is 2.14. The molecule has 0 radical (unpaired) electrons. The normalized spacial score (nSPS) is 11.4. The lowest BCUT2D eigenvalue weighted by atomic mass is 10.0. The molecule has 1 heterocycles. The summed E-state index contributed by atoms with van der Waals surface area (Å²) >= 11 is 0. The standard InChI is InChI=1S/C28H18N2O/c31-23-14-12-20-16-22(11-10-21(20)17-23)28-29-26(19-7-2-1-3-8-19)25-15-13-18-6-4-5-9-24(18)27(25)30-28/h1-17,31H. The van der Waals surface area contributed by atoms with Crippen molar-refractivity contribution < 1.29 is 5.11 Å². The smallest absolute Gasteiger partial charge is 0.160 e. The molecule has 0 aliphatic rings. The van der Waals surface area contributed by atoms with Gasteiger partial charge in [-0.05, 0) is 40.4 Å². The van der Waals surface area contributed by atoms with Crippen LogP contribution in [-0.4, -0.2) is 15.1 Å². The van der Waals surface area contributed by atoms with Crippen molar-refractivity contribution in [3.8, 4) is 28.4 Å². The number of phenols is 1. The van der Waals surface area contributed by atoms with Crippen LogP contribution in [0.25, 0.3) is 55.1 Å². The Kier molecular flexibility index (Phi) is 3.93. The predicted octanol–water partition coefficient (Wildman–Crippen LogP) is 6.98. The monoisotopic (exact) mass is 398 g/mol. The van der Waals surface area contributed by atoms with Gasteiger partial charge in [-0.1, -0.05) is 78.9 Å². The molecule has 6 aromatic rings. The Morgan fingerprint density at radius 2 is 1.26 bits per heavy atom. The van der Waals surface area contributed by atoms with Crippen molar-refractivity contribution >= 4 is 32.4 Å². The van der Waals surface area contributed by atoms with Gasteiger partial charge in [0.05, 0.1) is 11.2 Å². The van der Waals surface area contributed by atoms with Crippen LogP contribution in [0, 0.1) is 0 Å². The minimum Gasteiger partial charge on any atom is -0.508 e. The van der Waals surface area contributed by atoms with Crippen molar-refractivity contribution in [3.05, 3.63) is 103 Å². The maximum atomic E-state index is 9.77. The van der Waals surface area contributed by atoms with Gasteiger partial charge in [0, 0.05) is 21.9 Å². The van der Waals surface area contributed by atoms with Crippen molar-refractivity contribution in [1.82, 2.24) is 9.97 Å².